The van der Waals surface area contributed by atoms with Crippen LogP contribution in [-0.4, -0.2) is 16.6 Å². The normalized spacial score (nSPS) is 19.3. The number of nitrogens with zero attached hydrogens (tertiary/aromatic N) is 2. The Kier molecular flexibility index (Phi) is 4.32. The van der Waals surface area contributed by atoms with Gasteiger partial charge in [0.1, 0.15) is 5.76 Å². The zero-order chi connectivity index (χ0) is 14.8. The summed E-state index contributed by atoms with van der Waals surface area (Å²) >= 11 is 5.96. The van der Waals surface area contributed by atoms with Crippen molar-refractivity contribution in [2.45, 2.75) is 45.7 Å². The highest BCUT2D eigenvalue weighted by atomic mass is 35.5. The zero-order valence-corrected chi connectivity index (χ0v) is 13.4. The molecule has 1 saturated heterocycles. The van der Waals surface area contributed by atoms with E-state index in [1.807, 2.05) is 12.1 Å². The third kappa shape index (κ3) is 2.99. The first-order valence-corrected chi connectivity index (χ1v) is 8.00. The van der Waals surface area contributed by atoms with E-state index in [0.717, 1.165) is 36.0 Å². The van der Waals surface area contributed by atoms with Crippen molar-refractivity contribution in [3.63, 3.8) is 0 Å². The lowest BCUT2D eigenvalue weighted by Crippen LogP contribution is -2.23. The predicted molar refractivity (Wildman–Crippen MR) is 84.5 cm³/mol. The van der Waals surface area contributed by atoms with E-state index in [9.17, 15) is 0 Å². The topological polar surface area (TPSA) is 29.3 Å². The molecule has 1 fully saturated rings. The van der Waals surface area contributed by atoms with Crippen molar-refractivity contribution in [3.8, 4) is 0 Å². The van der Waals surface area contributed by atoms with Gasteiger partial charge in [0.25, 0.3) is 0 Å². The number of halogens is 1. The molecule has 0 spiro atoms. The van der Waals surface area contributed by atoms with E-state index >= 15 is 0 Å². The van der Waals surface area contributed by atoms with Gasteiger partial charge in [0.2, 0.25) is 0 Å². The molecule has 112 valence electrons. The second-order valence-electron chi connectivity index (χ2n) is 5.71. The standard InChI is InChI=1S/C17H21ClN2O/c1-3-16-17(12(2)19-21-16)15-5-4-10-20(15)11-13-6-8-14(18)9-7-13/h6-9,15H,3-5,10-11H2,1-2H3. The van der Waals surface area contributed by atoms with Crippen molar-refractivity contribution in [1.82, 2.24) is 10.1 Å². The Morgan fingerprint density at radius 3 is 2.81 bits per heavy atom. The van der Waals surface area contributed by atoms with Gasteiger partial charge in [-0.1, -0.05) is 35.8 Å². The lowest BCUT2D eigenvalue weighted by molar-refractivity contribution is 0.245. The van der Waals surface area contributed by atoms with Crippen LogP contribution in [0, 0.1) is 6.92 Å². The summed E-state index contributed by atoms with van der Waals surface area (Å²) in [5.74, 6) is 1.04. The molecule has 1 aliphatic rings. The molecule has 1 aliphatic heterocycles. The second-order valence-corrected chi connectivity index (χ2v) is 6.15. The van der Waals surface area contributed by atoms with Crippen LogP contribution < -0.4 is 0 Å². The van der Waals surface area contributed by atoms with Crippen molar-refractivity contribution >= 4 is 11.6 Å². The summed E-state index contributed by atoms with van der Waals surface area (Å²) in [5.41, 5.74) is 3.65. The zero-order valence-electron chi connectivity index (χ0n) is 12.6. The van der Waals surface area contributed by atoms with Crippen LogP contribution in [0.5, 0.6) is 0 Å². The molecule has 0 amide bonds. The summed E-state index contributed by atoms with van der Waals surface area (Å²) in [5, 5.41) is 4.96. The van der Waals surface area contributed by atoms with E-state index in [1.54, 1.807) is 0 Å². The summed E-state index contributed by atoms with van der Waals surface area (Å²) in [6.07, 6.45) is 3.32. The molecule has 1 unspecified atom stereocenters. The van der Waals surface area contributed by atoms with Gasteiger partial charge in [-0.15, -0.1) is 0 Å². The lowest BCUT2D eigenvalue weighted by atomic mass is 10.0. The molecule has 1 atom stereocenters. The SMILES string of the molecule is CCc1onc(C)c1C1CCCN1Cc1ccc(Cl)cc1. The van der Waals surface area contributed by atoms with Crippen LogP contribution in [0.2, 0.25) is 5.02 Å². The van der Waals surface area contributed by atoms with Crippen molar-refractivity contribution in [2.75, 3.05) is 6.54 Å². The Labute approximate surface area is 130 Å². The van der Waals surface area contributed by atoms with Crippen molar-refractivity contribution in [1.29, 1.82) is 0 Å². The molecule has 2 heterocycles. The number of likely N-dealkylation sites (tertiary alicyclic amines) is 1. The molecule has 0 saturated carbocycles. The number of rotatable bonds is 4. The van der Waals surface area contributed by atoms with Crippen LogP contribution in [0.4, 0.5) is 0 Å². The Morgan fingerprint density at radius 2 is 2.10 bits per heavy atom. The summed E-state index contributed by atoms with van der Waals surface area (Å²) < 4.78 is 5.48. The second kappa shape index (κ2) is 6.20. The minimum absolute atomic E-state index is 0.432. The van der Waals surface area contributed by atoms with Gasteiger partial charge in [-0.2, -0.15) is 0 Å². The van der Waals surface area contributed by atoms with Gasteiger partial charge in [-0.25, -0.2) is 0 Å². The first kappa shape index (κ1) is 14.6. The number of hydrogen-bond donors (Lipinski definition) is 0. The minimum Gasteiger partial charge on any atom is -0.361 e. The van der Waals surface area contributed by atoms with Gasteiger partial charge >= 0.3 is 0 Å². The monoisotopic (exact) mass is 304 g/mol. The van der Waals surface area contributed by atoms with E-state index in [0.29, 0.717) is 6.04 Å². The molecule has 3 rings (SSSR count). The van der Waals surface area contributed by atoms with Crippen LogP contribution in [0.25, 0.3) is 0 Å². The molecule has 21 heavy (non-hydrogen) atoms. The first-order valence-electron chi connectivity index (χ1n) is 7.62. The van der Waals surface area contributed by atoms with Crippen molar-refractivity contribution in [2.24, 2.45) is 0 Å². The first-order chi connectivity index (χ1) is 10.2. The quantitative estimate of drug-likeness (QED) is 0.830. The van der Waals surface area contributed by atoms with Crippen LogP contribution in [0.3, 0.4) is 0 Å². The Bertz CT molecular complexity index is 606. The van der Waals surface area contributed by atoms with Gasteiger partial charge in [0, 0.05) is 29.6 Å². The summed E-state index contributed by atoms with van der Waals surface area (Å²) in [6.45, 7) is 6.26. The minimum atomic E-state index is 0.432. The van der Waals surface area contributed by atoms with E-state index in [4.69, 9.17) is 16.1 Å². The van der Waals surface area contributed by atoms with E-state index in [-0.39, 0.29) is 0 Å². The smallest absolute Gasteiger partial charge is 0.141 e. The van der Waals surface area contributed by atoms with Gasteiger partial charge in [0.05, 0.1) is 5.69 Å². The predicted octanol–water partition coefficient (Wildman–Crippen LogP) is 4.54. The van der Waals surface area contributed by atoms with Crippen molar-refractivity contribution in [3.05, 3.63) is 51.9 Å². The molecular weight excluding hydrogens is 284 g/mol. The molecule has 2 aromatic rings. The van der Waals surface area contributed by atoms with Gasteiger partial charge in [-0.3, -0.25) is 4.90 Å². The Morgan fingerprint density at radius 1 is 1.33 bits per heavy atom. The number of benzene rings is 1. The van der Waals surface area contributed by atoms with Gasteiger partial charge in [0.15, 0.2) is 0 Å². The van der Waals surface area contributed by atoms with Crippen molar-refractivity contribution < 1.29 is 4.52 Å². The fourth-order valence-corrected chi connectivity index (χ4v) is 3.40. The largest absolute Gasteiger partial charge is 0.361 e. The van der Waals surface area contributed by atoms with E-state index < -0.39 is 0 Å². The highest BCUT2D eigenvalue weighted by Gasteiger charge is 2.31. The van der Waals surface area contributed by atoms with Crippen LogP contribution in [-0.2, 0) is 13.0 Å². The lowest BCUT2D eigenvalue weighted by Gasteiger charge is -2.24. The van der Waals surface area contributed by atoms with Gasteiger partial charge in [-0.05, 0) is 44.0 Å². The molecule has 0 N–H and O–H groups in total. The van der Waals surface area contributed by atoms with E-state index in [2.05, 4.69) is 36.0 Å². The Hall–Kier alpha value is -1.32. The molecule has 0 radical (unpaired) electrons. The fourth-order valence-electron chi connectivity index (χ4n) is 3.27. The summed E-state index contributed by atoms with van der Waals surface area (Å²) in [6, 6.07) is 8.58. The number of hydrogen-bond acceptors (Lipinski definition) is 3. The third-order valence-corrected chi connectivity index (χ3v) is 4.55. The maximum atomic E-state index is 5.96. The number of aryl methyl sites for hydroxylation is 2. The van der Waals surface area contributed by atoms with E-state index in [1.165, 1.54) is 24.0 Å². The molecule has 0 aliphatic carbocycles. The van der Waals surface area contributed by atoms with Crippen LogP contribution >= 0.6 is 11.6 Å². The average molecular weight is 305 g/mol. The molecule has 1 aromatic carbocycles. The Balaban J connectivity index is 1.82. The summed E-state index contributed by atoms with van der Waals surface area (Å²) in [4.78, 5) is 2.53. The number of aromatic nitrogens is 1. The molecule has 4 heteroatoms. The molecule has 3 nitrogen and oxygen atoms in total. The molecule has 0 bridgehead atoms. The fraction of sp³-hybridized carbons (Fsp3) is 0.471. The maximum absolute atomic E-state index is 5.96. The third-order valence-electron chi connectivity index (χ3n) is 4.30. The molecule has 1 aromatic heterocycles. The maximum Gasteiger partial charge on any atom is 0.141 e. The highest BCUT2D eigenvalue weighted by Crippen LogP contribution is 2.36. The summed E-state index contributed by atoms with van der Waals surface area (Å²) in [7, 11) is 0. The highest BCUT2D eigenvalue weighted by molar-refractivity contribution is 6.30. The van der Waals surface area contributed by atoms with Crippen LogP contribution in [0.15, 0.2) is 28.8 Å². The molecular formula is C17H21ClN2O. The average Bonchev–Trinajstić information content (AvgIpc) is 3.07. The van der Waals surface area contributed by atoms with Crippen LogP contribution in [0.1, 0.15) is 48.4 Å². The van der Waals surface area contributed by atoms with Gasteiger partial charge < -0.3 is 4.52 Å².